The molecule has 0 aliphatic carbocycles. The number of nitrogens with zero attached hydrogens (tertiary/aromatic N) is 3. The number of hydrogen-bond acceptors (Lipinski definition) is 7. The maximum atomic E-state index is 13.8. The number of nitrogens with one attached hydrogen (secondary N) is 1. The quantitative estimate of drug-likeness (QED) is 0.439. The van der Waals surface area contributed by atoms with Gasteiger partial charge >= 0.3 is 0 Å². The zero-order chi connectivity index (χ0) is 24.3. The van der Waals surface area contributed by atoms with Gasteiger partial charge in [-0.15, -0.1) is 0 Å². The standard InChI is InChI=1S/C26H28IN5O3/c27-22-15-21(5-6-23(22)32-9-13-35-14-10-32)31-24(33)26(7-11-34-12-8-26)20-3-1-18(2-4-20)19-16-29-25(28)30-17-19/h1-6,15-17H,7-14H2,(H,31,33)(H2,28,29,30). The molecular weight excluding hydrogens is 557 g/mol. The van der Waals surface area contributed by atoms with Crippen LogP contribution in [0.3, 0.4) is 0 Å². The second-order valence-corrected chi connectivity index (χ2v) is 9.98. The highest BCUT2D eigenvalue weighted by atomic mass is 127. The third-order valence-corrected chi connectivity index (χ3v) is 7.64. The molecule has 2 aliphatic rings. The summed E-state index contributed by atoms with van der Waals surface area (Å²) in [6.07, 6.45) is 4.67. The molecule has 3 N–H and O–H groups in total. The molecule has 2 aliphatic heterocycles. The van der Waals surface area contributed by atoms with E-state index in [4.69, 9.17) is 15.2 Å². The number of morpholine rings is 1. The highest BCUT2D eigenvalue weighted by Crippen LogP contribution is 2.37. The fraction of sp³-hybridized carbons (Fsp3) is 0.346. The summed E-state index contributed by atoms with van der Waals surface area (Å²) in [5.74, 6) is 0.245. The average Bonchev–Trinajstić information content (AvgIpc) is 2.90. The van der Waals surface area contributed by atoms with Gasteiger partial charge < -0.3 is 25.4 Å². The number of nitrogens with two attached hydrogens (primary N) is 1. The largest absolute Gasteiger partial charge is 0.381 e. The van der Waals surface area contributed by atoms with Crippen molar-refractivity contribution < 1.29 is 14.3 Å². The van der Waals surface area contributed by atoms with Crippen LogP contribution in [0.4, 0.5) is 17.3 Å². The van der Waals surface area contributed by atoms with Crippen LogP contribution in [-0.4, -0.2) is 55.4 Å². The summed E-state index contributed by atoms with van der Waals surface area (Å²) >= 11 is 2.34. The third kappa shape index (κ3) is 5.12. The maximum absolute atomic E-state index is 13.8. The molecule has 0 bridgehead atoms. The van der Waals surface area contributed by atoms with Gasteiger partial charge in [-0.1, -0.05) is 24.3 Å². The van der Waals surface area contributed by atoms with Gasteiger partial charge in [0.25, 0.3) is 0 Å². The average molecular weight is 585 g/mol. The first-order valence-electron chi connectivity index (χ1n) is 11.8. The summed E-state index contributed by atoms with van der Waals surface area (Å²) in [5.41, 5.74) is 9.78. The number of aromatic nitrogens is 2. The van der Waals surface area contributed by atoms with E-state index in [9.17, 15) is 4.79 Å². The normalized spacial score (nSPS) is 17.7. The fourth-order valence-electron chi connectivity index (χ4n) is 4.73. The SMILES string of the molecule is Nc1ncc(-c2ccc(C3(C(=O)Nc4ccc(N5CCOCC5)c(I)c4)CCOCC3)cc2)cn1. The molecule has 5 rings (SSSR count). The first-order chi connectivity index (χ1) is 17.0. The molecule has 0 spiro atoms. The van der Waals surface area contributed by atoms with E-state index in [1.165, 1.54) is 5.69 Å². The summed E-state index contributed by atoms with van der Waals surface area (Å²) in [6.45, 7) is 4.34. The van der Waals surface area contributed by atoms with E-state index in [1.807, 2.05) is 36.4 Å². The lowest BCUT2D eigenvalue weighted by molar-refractivity contribution is -0.125. The molecule has 1 aromatic heterocycles. The van der Waals surface area contributed by atoms with Crippen LogP contribution in [0.2, 0.25) is 0 Å². The molecule has 35 heavy (non-hydrogen) atoms. The van der Waals surface area contributed by atoms with E-state index in [2.05, 4.69) is 48.8 Å². The lowest BCUT2D eigenvalue weighted by Crippen LogP contribution is -2.44. The molecule has 182 valence electrons. The van der Waals surface area contributed by atoms with Crippen LogP contribution in [0.1, 0.15) is 18.4 Å². The number of anilines is 3. The summed E-state index contributed by atoms with van der Waals surface area (Å²) in [7, 11) is 0. The Morgan fingerprint density at radius 2 is 1.60 bits per heavy atom. The molecule has 2 saturated heterocycles. The monoisotopic (exact) mass is 585 g/mol. The molecule has 0 unspecified atom stereocenters. The van der Waals surface area contributed by atoms with Crippen molar-refractivity contribution in [3.63, 3.8) is 0 Å². The molecule has 0 saturated carbocycles. The predicted molar refractivity (Wildman–Crippen MR) is 144 cm³/mol. The van der Waals surface area contributed by atoms with Gasteiger partial charge in [0, 0.05) is 53.5 Å². The van der Waals surface area contributed by atoms with Gasteiger partial charge in [-0.3, -0.25) is 4.79 Å². The highest BCUT2D eigenvalue weighted by Gasteiger charge is 2.41. The van der Waals surface area contributed by atoms with Crippen molar-refractivity contribution in [1.82, 2.24) is 9.97 Å². The van der Waals surface area contributed by atoms with E-state index in [0.29, 0.717) is 26.1 Å². The third-order valence-electron chi connectivity index (χ3n) is 6.78. The van der Waals surface area contributed by atoms with Crippen LogP contribution in [0.15, 0.2) is 54.9 Å². The van der Waals surface area contributed by atoms with Crippen molar-refractivity contribution in [3.8, 4) is 11.1 Å². The van der Waals surface area contributed by atoms with Crippen molar-refractivity contribution in [3.05, 3.63) is 64.0 Å². The van der Waals surface area contributed by atoms with Gasteiger partial charge in [0.05, 0.1) is 24.3 Å². The Hall–Kier alpha value is -2.76. The lowest BCUT2D eigenvalue weighted by Gasteiger charge is -2.36. The maximum Gasteiger partial charge on any atom is 0.235 e. The molecule has 2 fully saturated rings. The number of rotatable bonds is 5. The number of hydrogen-bond donors (Lipinski definition) is 2. The molecule has 9 heteroatoms. The predicted octanol–water partition coefficient (Wildman–Crippen LogP) is 3.85. The smallest absolute Gasteiger partial charge is 0.235 e. The van der Waals surface area contributed by atoms with Gasteiger partial charge in [-0.25, -0.2) is 9.97 Å². The van der Waals surface area contributed by atoms with E-state index in [0.717, 1.165) is 52.3 Å². The molecule has 0 atom stereocenters. The summed E-state index contributed by atoms with van der Waals surface area (Å²) in [6, 6.07) is 14.2. The Labute approximate surface area is 218 Å². The highest BCUT2D eigenvalue weighted by molar-refractivity contribution is 14.1. The zero-order valence-corrected chi connectivity index (χ0v) is 21.5. The van der Waals surface area contributed by atoms with E-state index < -0.39 is 5.41 Å². The van der Waals surface area contributed by atoms with Gasteiger partial charge in [-0.2, -0.15) is 0 Å². The molecule has 1 amide bonds. The van der Waals surface area contributed by atoms with Gasteiger partial charge in [0.15, 0.2) is 0 Å². The Bertz CT molecular complexity index is 1170. The first kappa shape index (κ1) is 24.0. The number of nitrogen functional groups attached to an aromatic ring is 1. The summed E-state index contributed by atoms with van der Waals surface area (Å²) in [4.78, 5) is 24.2. The molecule has 3 heterocycles. The number of carbonyl (C=O) groups excluding carboxylic acids is 1. The minimum atomic E-state index is -0.650. The minimum absolute atomic E-state index is 0.000657. The van der Waals surface area contributed by atoms with Crippen LogP contribution >= 0.6 is 22.6 Å². The van der Waals surface area contributed by atoms with Gasteiger partial charge in [-0.05, 0) is 64.8 Å². The number of amides is 1. The van der Waals surface area contributed by atoms with E-state index in [-0.39, 0.29) is 11.9 Å². The molecule has 2 aromatic carbocycles. The molecular formula is C26H28IN5O3. The van der Waals surface area contributed by atoms with Crippen LogP contribution < -0.4 is 16.0 Å². The summed E-state index contributed by atoms with van der Waals surface area (Å²) < 4.78 is 12.2. The Balaban J connectivity index is 1.37. The second kappa shape index (κ2) is 10.5. The molecule has 3 aromatic rings. The number of carbonyl (C=O) groups is 1. The Kier molecular flexibility index (Phi) is 7.17. The molecule has 0 radical (unpaired) electrons. The lowest BCUT2D eigenvalue weighted by atomic mass is 9.73. The fourth-order valence-corrected chi connectivity index (χ4v) is 5.59. The van der Waals surface area contributed by atoms with Crippen molar-refractivity contribution in [2.75, 3.05) is 55.5 Å². The zero-order valence-electron chi connectivity index (χ0n) is 19.4. The Morgan fingerprint density at radius 3 is 2.26 bits per heavy atom. The topological polar surface area (TPSA) is 103 Å². The first-order valence-corrected chi connectivity index (χ1v) is 12.8. The van der Waals surface area contributed by atoms with Crippen LogP contribution in [0.5, 0.6) is 0 Å². The summed E-state index contributed by atoms with van der Waals surface area (Å²) in [5, 5.41) is 3.20. The number of ether oxygens (including phenoxy) is 2. The van der Waals surface area contributed by atoms with Crippen molar-refractivity contribution >= 4 is 45.8 Å². The van der Waals surface area contributed by atoms with Crippen LogP contribution in [-0.2, 0) is 19.7 Å². The van der Waals surface area contributed by atoms with E-state index >= 15 is 0 Å². The van der Waals surface area contributed by atoms with Crippen LogP contribution in [0, 0.1) is 3.57 Å². The second-order valence-electron chi connectivity index (χ2n) is 8.82. The molecule has 8 nitrogen and oxygen atoms in total. The number of benzene rings is 2. The minimum Gasteiger partial charge on any atom is -0.381 e. The van der Waals surface area contributed by atoms with Gasteiger partial charge in [0.1, 0.15) is 0 Å². The van der Waals surface area contributed by atoms with Crippen molar-refractivity contribution in [2.24, 2.45) is 0 Å². The van der Waals surface area contributed by atoms with Crippen LogP contribution in [0.25, 0.3) is 11.1 Å². The van der Waals surface area contributed by atoms with Gasteiger partial charge in [0.2, 0.25) is 11.9 Å². The van der Waals surface area contributed by atoms with E-state index in [1.54, 1.807) is 12.4 Å². The number of halogens is 1. The van der Waals surface area contributed by atoms with Crippen molar-refractivity contribution in [2.45, 2.75) is 18.3 Å². The Morgan fingerprint density at radius 1 is 0.943 bits per heavy atom. The van der Waals surface area contributed by atoms with Crippen molar-refractivity contribution in [1.29, 1.82) is 0 Å².